The van der Waals surface area contributed by atoms with Crippen molar-refractivity contribution in [2.75, 3.05) is 26.2 Å². The largest absolute Gasteiger partial charge is 0.416 e. The van der Waals surface area contributed by atoms with Crippen LogP contribution in [0.3, 0.4) is 0 Å². The van der Waals surface area contributed by atoms with E-state index < -0.39 is 11.7 Å². The minimum absolute atomic E-state index is 0.156. The minimum Gasteiger partial charge on any atom is -0.396 e. The smallest absolute Gasteiger partial charge is 0.396 e. The van der Waals surface area contributed by atoms with Crippen LogP contribution in [0.15, 0.2) is 24.3 Å². The number of carbonyl (C=O) groups excluding carboxylic acids is 1. The normalized spacial score (nSPS) is 16.4. The molecule has 23 heavy (non-hydrogen) atoms. The highest BCUT2D eigenvalue weighted by atomic mass is 19.4. The fourth-order valence-electron chi connectivity index (χ4n) is 2.60. The average molecular weight is 330 g/mol. The third kappa shape index (κ3) is 5.13. The Balaban J connectivity index is 1.73. The number of aliphatic hydroxyl groups excluding tert-OH is 1. The molecule has 0 saturated carbocycles. The first-order chi connectivity index (χ1) is 10.9. The second-order valence-electron chi connectivity index (χ2n) is 5.79. The molecule has 0 aromatic heterocycles. The topological polar surface area (TPSA) is 52.6 Å². The van der Waals surface area contributed by atoms with E-state index in [1.165, 1.54) is 12.1 Å². The quantitative estimate of drug-likeness (QED) is 0.892. The molecule has 0 aliphatic carbocycles. The van der Waals surface area contributed by atoms with E-state index in [2.05, 4.69) is 5.32 Å². The SMILES string of the molecule is O=C(NCCc1ccc(C(F)(F)F)cc1)N1CCC(CO)CC1. The van der Waals surface area contributed by atoms with Crippen molar-refractivity contribution in [1.29, 1.82) is 0 Å². The van der Waals surface area contributed by atoms with E-state index in [1.54, 1.807) is 4.90 Å². The monoisotopic (exact) mass is 330 g/mol. The van der Waals surface area contributed by atoms with Crippen LogP contribution in [0.1, 0.15) is 24.0 Å². The Bertz CT molecular complexity index is 509. The number of alkyl halides is 3. The zero-order valence-electron chi connectivity index (χ0n) is 12.8. The number of likely N-dealkylation sites (tertiary alicyclic amines) is 1. The van der Waals surface area contributed by atoms with Gasteiger partial charge in [-0.15, -0.1) is 0 Å². The van der Waals surface area contributed by atoms with Crippen molar-refractivity contribution < 1.29 is 23.1 Å². The maximum Gasteiger partial charge on any atom is 0.416 e. The second-order valence-corrected chi connectivity index (χ2v) is 5.79. The number of rotatable bonds is 4. The lowest BCUT2D eigenvalue weighted by Crippen LogP contribution is -2.45. The Hall–Kier alpha value is -1.76. The molecule has 7 heteroatoms. The molecule has 0 atom stereocenters. The van der Waals surface area contributed by atoms with Crippen LogP contribution < -0.4 is 5.32 Å². The Morgan fingerprint density at radius 2 is 1.83 bits per heavy atom. The lowest BCUT2D eigenvalue weighted by atomic mass is 9.98. The number of halogens is 3. The number of hydrogen-bond acceptors (Lipinski definition) is 2. The standard InChI is InChI=1S/C16H21F3N2O2/c17-16(18,19)14-3-1-12(2-4-14)5-8-20-15(23)21-9-6-13(11-22)7-10-21/h1-4,13,22H,5-11H2,(H,20,23). The van der Waals surface area contributed by atoms with Crippen molar-refractivity contribution in [2.24, 2.45) is 5.92 Å². The molecule has 1 aromatic rings. The van der Waals surface area contributed by atoms with Crippen LogP contribution in [0.25, 0.3) is 0 Å². The molecular weight excluding hydrogens is 309 g/mol. The summed E-state index contributed by atoms with van der Waals surface area (Å²) in [6.07, 6.45) is -2.25. The van der Waals surface area contributed by atoms with E-state index in [1.807, 2.05) is 0 Å². The highest BCUT2D eigenvalue weighted by Gasteiger charge is 2.29. The highest BCUT2D eigenvalue weighted by molar-refractivity contribution is 5.74. The molecule has 1 fully saturated rings. The molecule has 128 valence electrons. The van der Waals surface area contributed by atoms with Crippen molar-refractivity contribution in [3.63, 3.8) is 0 Å². The molecule has 2 N–H and O–H groups in total. The Kier molecular flexibility index (Phi) is 5.87. The predicted octanol–water partition coefficient (Wildman–Crippen LogP) is 2.66. The van der Waals surface area contributed by atoms with E-state index in [0.29, 0.717) is 26.1 Å². The molecule has 0 spiro atoms. The number of piperidine rings is 1. The van der Waals surface area contributed by atoms with Crippen molar-refractivity contribution in [1.82, 2.24) is 10.2 Å². The zero-order valence-corrected chi connectivity index (χ0v) is 12.8. The number of nitrogens with one attached hydrogen (secondary N) is 1. The van der Waals surface area contributed by atoms with Gasteiger partial charge in [-0.25, -0.2) is 4.79 Å². The van der Waals surface area contributed by atoms with Crippen LogP contribution >= 0.6 is 0 Å². The summed E-state index contributed by atoms with van der Waals surface area (Å²) in [5, 5.41) is 11.8. The van der Waals surface area contributed by atoms with Gasteiger partial charge in [0.25, 0.3) is 0 Å². The van der Waals surface area contributed by atoms with Crippen molar-refractivity contribution in [3.05, 3.63) is 35.4 Å². The van der Waals surface area contributed by atoms with Gasteiger partial charge in [-0.3, -0.25) is 0 Å². The van der Waals surface area contributed by atoms with E-state index >= 15 is 0 Å². The van der Waals surface area contributed by atoms with Crippen LogP contribution in [0, 0.1) is 5.92 Å². The Morgan fingerprint density at radius 3 is 2.35 bits per heavy atom. The Labute approximate surface area is 133 Å². The van der Waals surface area contributed by atoms with Gasteiger partial charge in [-0.05, 0) is 42.9 Å². The molecule has 1 aromatic carbocycles. The third-order valence-corrected chi connectivity index (χ3v) is 4.13. The van der Waals surface area contributed by atoms with Crippen LogP contribution in [0.5, 0.6) is 0 Å². The second kappa shape index (κ2) is 7.68. The molecule has 0 unspecified atom stereocenters. The number of aliphatic hydroxyl groups is 1. The average Bonchev–Trinajstić information content (AvgIpc) is 2.54. The number of amides is 2. The third-order valence-electron chi connectivity index (χ3n) is 4.13. The predicted molar refractivity (Wildman–Crippen MR) is 79.9 cm³/mol. The summed E-state index contributed by atoms with van der Waals surface area (Å²) in [5.41, 5.74) is 0.0781. The van der Waals surface area contributed by atoms with Crippen molar-refractivity contribution >= 4 is 6.03 Å². The summed E-state index contributed by atoms with van der Waals surface area (Å²) in [6, 6.07) is 4.81. The van der Waals surface area contributed by atoms with E-state index in [4.69, 9.17) is 5.11 Å². The lowest BCUT2D eigenvalue weighted by molar-refractivity contribution is -0.137. The van der Waals surface area contributed by atoms with Crippen molar-refractivity contribution in [2.45, 2.75) is 25.4 Å². The molecular formula is C16H21F3N2O2. The van der Waals surface area contributed by atoms with Crippen LogP contribution in [-0.2, 0) is 12.6 Å². The minimum atomic E-state index is -4.33. The molecule has 4 nitrogen and oxygen atoms in total. The van der Waals surface area contributed by atoms with Gasteiger partial charge >= 0.3 is 12.2 Å². The number of hydrogen-bond donors (Lipinski definition) is 2. The first-order valence-electron chi connectivity index (χ1n) is 7.70. The lowest BCUT2D eigenvalue weighted by Gasteiger charge is -2.31. The Morgan fingerprint density at radius 1 is 1.22 bits per heavy atom. The summed E-state index contributed by atoms with van der Waals surface area (Å²) in [6.45, 7) is 1.78. The summed E-state index contributed by atoms with van der Waals surface area (Å²) in [7, 11) is 0. The molecule has 2 amide bonds. The summed E-state index contributed by atoms with van der Waals surface area (Å²) < 4.78 is 37.4. The molecule has 2 rings (SSSR count). The van der Waals surface area contributed by atoms with Gasteiger partial charge in [0, 0.05) is 26.2 Å². The van der Waals surface area contributed by atoms with Gasteiger partial charge in [0.05, 0.1) is 5.56 Å². The fraction of sp³-hybridized carbons (Fsp3) is 0.562. The summed E-state index contributed by atoms with van der Waals surface area (Å²) in [5.74, 6) is 0.270. The number of benzene rings is 1. The van der Waals surface area contributed by atoms with Gasteiger partial charge in [0.15, 0.2) is 0 Å². The van der Waals surface area contributed by atoms with E-state index in [9.17, 15) is 18.0 Å². The van der Waals surface area contributed by atoms with Crippen LogP contribution in [0.4, 0.5) is 18.0 Å². The highest BCUT2D eigenvalue weighted by Crippen LogP contribution is 2.29. The van der Waals surface area contributed by atoms with Gasteiger partial charge in [0.1, 0.15) is 0 Å². The summed E-state index contributed by atoms with van der Waals surface area (Å²) in [4.78, 5) is 13.7. The van der Waals surface area contributed by atoms with Gasteiger partial charge in [0.2, 0.25) is 0 Å². The molecule has 0 radical (unpaired) electrons. The van der Waals surface area contributed by atoms with E-state index in [0.717, 1.165) is 30.5 Å². The van der Waals surface area contributed by atoms with Crippen LogP contribution in [-0.4, -0.2) is 42.3 Å². The van der Waals surface area contributed by atoms with E-state index in [-0.39, 0.29) is 18.6 Å². The molecule has 1 saturated heterocycles. The number of nitrogens with zero attached hydrogens (tertiary/aromatic N) is 1. The van der Waals surface area contributed by atoms with Gasteiger partial charge < -0.3 is 15.3 Å². The van der Waals surface area contributed by atoms with Crippen molar-refractivity contribution in [3.8, 4) is 0 Å². The molecule has 1 aliphatic heterocycles. The number of carbonyl (C=O) groups is 1. The fourth-order valence-corrected chi connectivity index (χ4v) is 2.60. The first kappa shape index (κ1) is 17.6. The maximum absolute atomic E-state index is 12.5. The summed E-state index contributed by atoms with van der Waals surface area (Å²) >= 11 is 0. The van der Waals surface area contributed by atoms with Crippen LogP contribution in [0.2, 0.25) is 0 Å². The van der Waals surface area contributed by atoms with Gasteiger partial charge in [-0.2, -0.15) is 13.2 Å². The zero-order chi connectivity index (χ0) is 16.9. The molecule has 1 aliphatic rings. The maximum atomic E-state index is 12.5. The first-order valence-corrected chi connectivity index (χ1v) is 7.70. The molecule has 0 bridgehead atoms. The number of urea groups is 1. The van der Waals surface area contributed by atoms with Gasteiger partial charge in [-0.1, -0.05) is 12.1 Å². The molecule has 1 heterocycles.